The molecule has 3 rings (SSSR count). The van der Waals surface area contributed by atoms with Gasteiger partial charge in [0.1, 0.15) is 0 Å². The fourth-order valence-electron chi connectivity index (χ4n) is 3.74. The summed E-state index contributed by atoms with van der Waals surface area (Å²) in [7, 11) is 0. The molecule has 1 aliphatic carbocycles. The number of hydrogen-bond donors (Lipinski definition) is 1. The van der Waals surface area contributed by atoms with Gasteiger partial charge in [0.15, 0.2) is 5.11 Å². The van der Waals surface area contributed by atoms with E-state index in [0.29, 0.717) is 6.04 Å². The predicted octanol–water partition coefficient (Wildman–Crippen LogP) is 2.81. The van der Waals surface area contributed by atoms with Gasteiger partial charge in [-0.3, -0.25) is 9.88 Å². The van der Waals surface area contributed by atoms with Gasteiger partial charge in [-0.05, 0) is 42.8 Å². The topological polar surface area (TPSA) is 40.6 Å². The maximum Gasteiger partial charge on any atom is 0.169 e. The van der Waals surface area contributed by atoms with Crippen molar-refractivity contribution in [3.63, 3.8) is 0 Å². The average Bonchev–Trinajstić information content (AvgIpc) is 2.95. The van der Waals surface area contributed by atoms with Gasteiger partial charge >= 0.3 is 0 Å². The maximum atomic E-state index is 5.82. The van der Waals surface area contributed by atoms with Crippen LogP contribution in [0, 0.1) is 0 Å². The van der Waals surface area contributed by atoms with Crippen LogP contribution in [-0.4, -0.2) is 65.3 Å². The largest absolute Gasteiger partial charge is 0.379 e. The normalized spacial score (nSPS) is 19.7. The second-order valence-corrected chi connectivity index (χ2v) is 7.76. The Balaban J connectivity index is 1.57. The first-order valence-electron chi connectivity index (χ1n) is 10.1. The number of pyridine rings is 1. The third kappa shape index (κ3) is 6.49. The van der Waals surface area contributed by atoms with Gasteiger partial charge in [0.05, 0.1) is 13.2 Å². The summed E-state index contributed by atoms with van der Waals surface area (Å²) in [5.74, 6) is 0. The van der Waals surface area contributed by atoms with Gasteiger partial charge in [-0.15, -0.1) is 0 Å². The lowest BCUT2D eigenvalue weighted by Crippen LogP contribution is -2.48. The molecule has 0 bridgehead atoms. The summed E-state index contributed by atoms with van der Waals surface area (Å²) >= 11 is 5.82. The highest BCUT2D eigenvalue weighted by Crippen LogP contribution is 2.17. The molecule has 0 unspecified atom stereocenters. The third-order valence-corrected chi connectivity index (χ3v) is 5.76. The highest BCUT2D eigenvalue weighted by molar-refractivity contribution is 7.80. The number of ether oxygens (including phenoxy) is 1. The molecular weight excluding hydrogens is 344 g/mol. The highest BCUT2D eigenvalue weighted by Gasteiger charge is 2.18. The van der Waals surface area contributed by atoms with Crippen molar-refractivity contribution in [2.75, 3.05) is 39.4 Å². The van der Waals surface area contributed by atoms with Gasteiger partial charge in [-0.25, -0.2) is 0 Å². The van der Waals surface area contributed by atoms with Crippen LogP contribution in [0.1, 0.15) is 44.1 Å². The summed E-state index contributed by atoms with van der Waals surface area (Å²) in [5.41, 5.74) is 1.26. The van der Waals surface area contributed by atoms with Gasteiger partial charge in [0.2, 0.25) is 0 Å². The summed E-state index contributed by atoms with van der Waals surface area (Å²) in [5, 5.41) is 4.57. The van der Waals surface area contributed by atoms with E-state index in [1.807, 2.05) is 12.4 Å². The van der Waals surface area contributed by atoms with Crippen LogP contribution in [0.15, 0.2) is 24.5 Å². The van der Waals surface area contributed by atoms with Gasteiger partial charge in [-0.1, -0.05) is 25.7 Å². The molecule has 5 nitrogen and oxygen atoms in total. The van der Waals surface area contributed by atoms with Crippen molar-refractivity contribution >= 4 is 17.3 Å². The molecule has 0 radical (unpaired) electrons. The second kappa shape index (κ2) is 10.8. The van der Waals surface area contributed by atoms with Crippen LogP contribution in [0.5, 0.6) is 0 Å². The molecule has 1 saturated carbocycles. The smallest absolute Gasteiger partial charge is 0.169 e. The number of thiocarbonyl (C=S) groups is 1. The average molecular weight is 377 g/mol. The summed E-state index contributed by atoms with van der Waals surface area (Å²) in [6.07, 6.45) is 11.6. The van der Waals surface area contributed by atoms with Crippen molar-refractivity contribution in [3.8, 4) is 0 Å². The molecule has 144 valence electrons. The Hall–Kier alpha value is -1.24. The summed E-state index contributed by atoms with van der Waals surface area (Å²) < 4.78 is 5.46. The molecule has 26 heavy (non-hydrogen) atoms. The van der Waals surface area contributed by atoms with Crippen LogP contribution in [0.2, 0.25) is 0 Å². The third-order valence-electron chi connectivity index (χ3n) is 5.38. The van der Waals surface area contributed by atoms with E-state index in [2.05, 4.69) is 32.2 Å². The molecule has 6 heteroatoms. The van der Waals surface area contributed by atoms with Crippen LogP contribution in [0.25, 0.3) is 0 Å². The fourth-order valence-corrected chi connectivity index (χ4v) is 4.06. The maximum absolute atomic E-state index is 5.82. The van der Waals surface area contributed by atoms with Crippen molar-refractivity contribution in [1.82, 2.24) is 20.1 Å². The Morgan fingerprint density at radius 2 is 1.85 bits per heavy atom. The van der Waals surface area contributed by atoms with Gasteiger partial charge in [0.25, 0.3) is 0 Å². The molecule has 2 fully saturated rings. The van der Waals surface area contributed by atoms with Crippen LogP contribution in [-0.2, 0) is 11.3 Å². The monoisotopic (exact) mass is 376 g/mol. The standard InChI is InChI=1S/C20H32N4OS/c26-20(22-19-5-3-1-2-4-6-19)24(17-18-7-9-21-10-8-18)12-11-23-13-15-25-16-14-23/h7-10,19H,1-6,11-17H2,(H,22,26). The molecule has 1 aromatic heterocycles. The van der Waals surface area contributed by atoms with Crippen molar-refractivity contribution in [2.24, 2.45) is 0 Å². The molecule has 2 aliphatic rings. The van der Waals surface area contributed by atoms with E-state index in [0.717, 1.165) is 51.0 Å². The molecule has 0 aromatic carbocycles. The fraction of sp³-hybridized carbons (Fsp3) is 0.700. The quantitative estimate of drug-likeness (QED) is 0.608. The van der Waals surface area contributed by atoms with E-state index >= 15 is 0 Å². The minimum Gasteiger partial charge on any atom is -0.379 e. The van der Waals surface area contributed by atoms with Crippen LogP contribution >= 0.6 is 12.2 Å². The van der Waals surface area contributed by atoms with E-state index in [-0.39, 0.29) is 0 Å². The lowest BCUT2D eigenvalue weighted by molar-refractivity contribution is 0.0357. The molecule has 1 N–H and O–H groups in total. The number of hydrogen-bond acceptors (Lipinski definition) is 4. The highest BCUT2D eigenvalue weighted by atomic mass is 32.1. The molecule has 1 aromatic rings. The van der Waals surface area contributed by atoms with E-state index in [9.17, 15) is 0 Å². The van der Waals surface area contributed by atoms with Crippen LogP contribution in [0.3, 0.4) is 0 Å². The molecule has 0 spiro atoms. The zero-order valence-electron chi connectivity index (χ0n) is 15.7. The van der Waals surface area contributed by atoms with E-state index in [1.165, 1.54) is 44.1 Å². The summed E-state index contributed by atoms with van der Waals surface area (Å²) in [6.45, 7) is 6.54. The number of rotatable bonds is 6. The Kier molecular flexibility index (Phi) is 8.11. The second-order valence-electron chi connectivity index (χ2n) is 7.37. The van der Waals surface area contributed by atoms with E-state index in [4.69, 9.17) is 17.0 Å². The van der Waals surface area contributed by atoms with Crippen LogP contribution < -0.4 is 5.32 Å². The zero-order chi connectivity index (χ0) is 18.0. The van der Waals surface area contributed by atoms with Crippen molar-refractivity contribution < 1.29 is 4.74 Å². The Morgan fingerprint density at radius 3 is 2.54 bits per heavy atom. The Labute approximate surface area is 163 Å². The van der Waals surface area contributed by atoms with Crippen molar-refractivity contribution in [3.05, 3.63) is 30.1 Å². The van der Waals surface area contributed by atoms with Crippen molar-refractivity contribution in [1.29, 1.82) is 0 Å². The molecule has 0 amide bonds. The van der Waals surface area contributed by atoms with Crippen LogP contribution in [0.4, 0.5) is 0 Å². The molecule has 2 heterocycles. The Morgan fingerprint density at radius 1 is 1.15 bits per heavy atom. The van der Waals surface area contributed by atoms with Gasteiger partial charge < -0.3 is 15.0 Å². The number of morpholine rings is 1. The molecule has 1 saturated heterocycles. The SMILES string of the molecule is S=C(NC1CCCCCC1)N(CCN1CCOCC1)Cc1ccncc1. The number of aromatic nitrogens is 1. The minimum absolute atomic E-state index is 0.535. The van der Waals surface area contributed by atoms with Crippen molar-refractivity contribution in [2.45, 2.75) is 51.1 Å². The van der Waals surface area contributed by atoms with E-state index in [1.54, 1.807) is 0 Å². The Bertz CT molecular complexity index is 528. The lowest BCUT2D eigenvalue weighted by atomic mass is 10.1. The first-order valence-corrected chi connectivity index (χ1v) is 10.5. The van der Waals surface area contributed by atoms with E-state index < -0.39 is 0 Å². The minimum atomic E-state index is 0.535. The summed E-state index contributed by atoms with van der Waals surface area (Å²) in [4.78, 5) is 8.93. The predicted molar refractivity (Wildman–Crippen MR) is 109 cm³/mol. The number of nitrogens with zero attached hydrogens (tertiary/aromatic N) is 3. The summed E-state index contributed by atoms with van der Waals surface area (Å²) in [6, 6.07) is 4.69. The zero-order valence-corrected chi connectivity index (χ0v) is 16.6. The first kappa shape index (κ1) is 19.5. The molecule has 0 atom stereocenters. The number of nitrogens with one attached hydrogen (secondary N) is 1. The van der Waals surface area contributed by atoms with Gasteiger partial charge in [-0.2, -0.15) is 0 Å². The molecular formula is C20H32N4OS. The first-order chi connectivity index (χ1) is 12.8. The molecule has 1 aliphatic heterocycles. The lowest BCUT2D eigenvalue weighted by Gasteiger charge is -2.32. The van der Waals surface area contributed by atoms with Gasteiger partial charge in [0, 0.05) is 51.2 Å².